The Hall–Kier alpha value is -7.98. The quantitative estimate of drug-likeness (QED) is 0.136. The minimum atomic E-state index is 1.11. The molecule has 2 nitrogen and oxygen atoms in total. The highest BCUT2D eigenvalue weighted by Crippen LogP contribution is 2.44. The van der Waals surface area contributed by atoms with E-state index in [0.717, 1.165) is 34.1 Å². The molecule has 0 aliphatic carbocycles. The van der Waals surface area contributed by atoms with Crippen molar-refractivity contribution in [1.29, 1.82) is 0 Å². The molecular formula is C60H42N2S. The average molecular weight is 823 g/mol. The zero-order valence-corrected chi connectivity index (χ0v) is 35.4. The van der Waals surface area contributed by atoms with E-state index < -0.39 is 0 Å². The van der Waals surface area contributed by atoms with Gasteiger partial charge in [-0.3, -0.25) is 0 Å². The van der Waals surface area contributed by atoms with Crippen molar-refractivity contribution in [1.82, 2.24) is 0 Å². The van der Waals surface area contributed by atoms with Crippen LogP contribution >= 0.6 is 11.3 Å². The monoisotopic (exact) mass is 822 g/mol. The van der Waals surface area contributed by atoms with Gasteiger partial charge in [0.2, 0.25) is 0 Å². The van der Waals surface area contributed by atoms with Crippen LogP contribution in [0.4, 0.5) is 34.1 Å². The molecular weight excluding hydrogens is 781 g/mol. The van der Waals surface area contributed by atoms with E-state index in [4.69, 9.17) is 0 Å². The minimum absolute atomic E-state index is 1.11. The van der Waals surface area contributed by atoms with Gasteiger partial charge in [-0.25, -0.2) is 0 Å². The fraction of sp³-hybridized carbons (Fsp3) is 0. The summed E-state index contributed by atoms with van der Waals surface area (Å²) in [5.74, 6) is 0. The number of anilines is 6. The number of nitrogens with zero attached hydrogens (tertiary/aromatic N) is 2. The SMILES string of the molecule is c1ccc(-c2ccc(N(c3ccc(-c4ccccc4)cc3)c3ccc4c(c3)sc3ccc(N(c5ccc(-c6ccccc6)cc5)c5ccc(-c6ccccc6)cc5)cc34)cc2)cc1. The predicted octanol–water partition coefficient (Wildman–Crippen LogP) is 17.7. The standard InChI is InChI=1S/C60H42N2S/c1-5-13-43(14-6-1)47-21-29-51(30-22-47)61(52-31-23-48(24-32-52)44-15-7-2-8-16-44)55-38-40-59-58(41-55)57-39-37-56(42-60(57)63-59)62(53-33-25-49(26-34-53)45-17-9-3-10-18-45)54-35-27-50(28-36-54)46-19-11-4-12-20-46/h1-42H. The van der Waals surface area contributed by atoms with E-state index in [2.05, 4.69) is 265 Å². The lowest BCUT2D eigenvalue weighted by Crippen LogP contribution is -2.10. The Balaban J connectivity index is 0.989. The Labute approximate surface area is 372 Å². The Morgan fingerprint density at radius 3 is 0.841 bits per heavy atom. The molecule has 0 aliphatic heterocycles. The third kappa shape index (κ3) is 7.67. The molecule has 0 saturated carbocycles. The van der Waals surface area contributed by atoms with Gasteiger partial charge in [0.1, 0.15) is 0 Å². The second-order valence-corrected chi connectivity index (χ2v) is 16.9. The van der Waals surface area contributed by atoms with E-state index in [1.807, 2.05) is 11.3 Å². The molecule has 1 aromatic heterocycles. The van der Waals surface area contributed by atoms with Crippen LogP contribution in [0.25, 0.3) is 64.7 Å². The maximum absolute atomic E-state index is 2.38. The minimum Gasteiger partial charge on any atom is -0.310 e. The fourth-order valence-electron chi connectivity index (χ4n) is 8.66. The summed E-state index contributed by atoms with van der Waals surface area (Å²) in [5, 5.41) is 2.50. The van der Waals surface area contributed by atoms with Crippen LogP contribution in [0.1, 0.15) is 0 Å². The highest BCUT2D eigenvalue weighted by molar-refractivity contribution is 7.25. The van der Waals surface area contributed by atoms with E-state index in [9.17, 15) is 0 Å². The molecule has 11 aromatic rings. The van der Waals surface area contributed by atoms with Crippen LogP contribution in [0.2, 0.25) is 0 Å². The van der Waals surface area contributed by atoms with Gasteiger partial charge in [-0.2, -0.15) is 0 Å². The summed E-state index contributed by atoms with van der Waals surface area (Å²) >= 11 is 1.85. The van der Waals surface area contributed by atoms with Gasteiger partial charge in [0.05, 0.1) is 0 Å². The van der Waals surface area contributed by atoms with Gasteiger partial charge in [-0.05, 0) is 123 Å². The van der Waals surface area contributed by atoms with Gasteiger partial charge in [-0.1, -0.05) is 176 Å². The fourth-order valence-corrected chi connectivity index (χ4v) is 9.78. The van der Waals surface area contributed by atoms with E-state index in [-0.39, 0.29) is 0 Å². The molecule has 3 heteroatoms. The molecule has 0 amide bonds. The van der Waals surface area contributed by atoms with Gasteiger partial charge >= 0.3 is 0 Å². The lowest BCUT2D eigenvalue weighted by atomic mass is 10.0. The molecule has 298 valence electrons. The second kappa shape index (κ2) is 16.8. The maximum Gasteiger partial charge on any atom is 0.0476 e. The van der Waals surface area contributed by atoms with Crippen LogP contribution in [0.3, 0.4) is 0 Å². The Morgan fingerprint density at radius 2 is 0.492 bits per heavy atom. The molecule has 0 fully saturated rings. The number of hydrogen-bond acceptors (Lipinski definition) is 3. The Morgan fingerprint density at radius 1 is 0.206 bits per heavy atom. The van der Waals surface area contributed by atoms with E-state index in [0.29, 0.717) is 0 Å². The average Bonchev–Trinajstić information content (AvgIpc) is 3.73. The summed E-state index contributed by atoms with van der Waals surface area (Å²) in [6.07, 6.45) is 0. The molecule has 63 heavy (non-hydrogen) atoms. The Bertz CT molecular complexity index is 3110. The van der Waals surface area contributed by atoms with Gasteiger partial charge in [-0.15, -0.1) is 11.3 Å². The third-order valence-corrected chi connectivity index (χ3v) is 13.0. The number of rotatable bonds is 10. The smallest absolute Gasteiger partial charge is 0.0476 e. The van der Waals surface area contributed by atoms with E-state index >= 15 is 0 Å². The van der Waals surface area contributed by atoms with Crippen LogP contribution < -0.4 is 9.80 Å². The van der Waals surface area contributed by atoms with Crippen LogP contribution in [0, 0.1) is 0 Å². The molecule has 0 unspecified atom stereocenters. The van der Waals surface area contributed by atoms with E-state index in [1.54, 1.807) is 0 Å². The first-order chi connectivity index (χ1) is 31.2. The molecule has 0 saturated heterocycles. The van der Waals surface area contributed by atoms with Crippen molar-refractivity contribution in [3.8, 4) is 44.5 Å². The van der Waals surface area contributed by atoms with Crippen LogP contribution in [0.15, 0.2) is 255 Å². The van der Waals surface area contributed by atoms with Gasteiger partial charge in [0.15, 0.2) is 0 Å². The van der Waals surface area contributed by atoms with Gasteiger partial charge < -0.3 is 9.80 Å². The highest BCUT2D eigenvalue weighted by Gasteiger charge is 2.18. The molecule has 0 spiro atoms. The predicted molar refractivity (Wildman–Crippen MR) is 270 cm³/mol. The van der Waals surface area contributed by atoms with Crippen molar-refractivity contribution in [3.05, 3.63) is 255 Å². The molecule has 11 rings (SSSR count). The molecule has 0 N–H and O–H groups in total. The summed E-state index contributed by atoms with van der Waals surface area (Å²) in [5.41, 5.74) is 16.3. The van der Waals surface area contributed by atoms with Crippen LogP contribution in [-0.2, 0) is 0 Å². The van der Waals surface area contributed by atoms with Crippen molar-refractivity contribution in [3.63, 3.8) is 0 Å². The molecule has 0 radical (unpaired) electrons. The van der Waals surface area contributed by atoms with Crippen molar-refractivity contribution in [2.75, 3.05) is 9.80 Å². The van der Waals surface area contributed by atoms with Crippen molar-refractivity contribution in [2.24, 2.45) is 0 Å². The molecule has 10 aromatic carbocycles. The molecule has 0 aliphatic rings. The molecule has 0 bridgehead atoms. The molecule has 0 atom stereocenters. The summed E-state index contributed by atoms with van der Waals surface area (Å²) in [4.78, 5) is 4.75. The number of fused-ring (bicyclic) bond motifs is 3. The maximum atomic E-state index is 2.38. The van der Waals surface area contributed by atoms with Crippen molar-refractivity contribution >= 4 is 65.6 Å². The first kappa shape index (κ1) is 38.0. The normalized spacial score (nSPS) is 11.2. The van der Waals surface area contributed by atoms with Crippen molar-refractivity contribution in [2.45, 2.75) is 0 Å². The highest BCUT2D eigenvalue weighted by atomic mass is 32.1. The summed E-state index contributed by atoms with van der Waals surface area (Å²) in [6, 6.07) is 91.9. The number of benzene rings is 10. The lowest BCUT2D eigenvalue weighted by Gasteiger charge is -2.26. The van der Waals surface area contributed by atoms with Crippen LogP contribution in [0.5, 0.6) is 0 Å². The second-order valence-electron chi connectivity index (χ2n) is 15.8. The number of thiophene rings is 1. The lowest BCUT2D eigenvalue weighted by molar-refractivity contribution is 1.29. The Kier molecular flexibility index (Phi) is 10.1. The third-order valence-electron chi connectivity index (χ3n) is 11.9. The summed E-state index contributed by atoms with van der Waals surface area (Å²) in [7, 11) is 0. The van der Waals surface area contributed by atoms with Gasteiger partial charge in [0.25, 0.3) is 0 Å². The topological polar surface area (TPSA) is 6.48 Å². The summed E-state index contributed by atoms with van der Waals surface area (Å²) in [6.45, 7) is 0. The van der Waals surface area contributed by atoms with Gasteiger partial charge in [0, 0.05) is 54.3 Å². The van der Waals surface area contributed by atoms with Crippen LogP contribution in [-0.4, -0.2) is 0 Å². The molecule has 1 heterocycles. The van der Waals surface area contributed by atoms with Crippen molar-refractivity contribution < 1.29 is 0 Å². The summed E-state index contributed by atoms with van der Waals surface area (Å²) < 4.78 is 2.51. The number of hydrogen-bond donors (Lipinski definition) is 0. The zero-order chi connectivity index (χ0) is 42.0. The first-order valence-corrected chi connectivity index (χ1v) is 22.2. The van der Waals surface area contributed by atoms with E-state index in [1.165, 1.54) is 64.7 Å². The largest absolute Gasteiger partial charge is 0.310 e. The first-order valence-electron chi connectivity index (χ1n) is 21.4. The zero-order valence-electron chi connectivity index (χ0n) is 34.6.